The normalized spacial score (nSPS) is 11.3. The van der Waals surface area contributed by atoms with Crippen LogP contribution < -0.4 is 0 Å². The number of aromatic nitrogens is 5. The molecule has 0 aliphatic heterocycles. The average Bonchev–Trinajstić information content (AvgIpc) is 3.35. The predicted molar refractivity (Wildman–Crippen MR) is 105 cm³/mol. The van der Waals surface area contributed by atoms with Gasteiger partial charge in [0.25, 0.3) is 0 Å². The van der Waals surface area contributed by atoms with Gasteiger partial charge in [-0.1, -0.05) is 61.1 Å². The van der Waals surface area contributed by atoms with Crippen LogP contribution in [-0.2, 0) is 5.75 Å². The molecule has 0 aliphatic carbocycles. The van der Waals surface area contributed by atoms with Crippen LogP contribution in [0.2, 0.25) is 0 Å². The maximum absolute atomic E-state index is 13.4. The maximum atomic E-state index is 13.4. The van der Waals surface area contributed by atoms with E-state index in [-0.39, 0.29) is 11.7 Å². The Morgan fingerprint density at radius 2 is 1.79 bits per heavy atom. The van der Waals surface area contributed by atoms with Gasteiger partial charge in [0.2, 0.25) is 5.89 Å². The van der Waals surface area contributed by atoms with E-state index in [0.717, 1.165) is 11.3 Å². The molecule has 2 heterocycles. The highest BCUT2D eigenvalue weighted by Gasteiger charge is 2.18. The number of hydrogen-bond donors (Lipinski definition) is 0. The zero-order valence-corrected chi connectivity index (χ0v) is 16.2. The summed E-state index contributed by atoms with van der Waals surface area (Å²) in [5, 5.41) is 13.4. The van der Waals surface area contributed by atoms with Crippen LogP contribution in [0.25, 0.3) is 17.1 Å². The number of hydrogen-bond acceptors (Lipinski definition) is 6. The Balaban J connectivity index is 1.68. The van der Waals surface area contributed by atoms with E-state index in [2.05, 4.69) is 20.3 Å². The van der Waals surface area contributed by atoms with Crippen LogP contribution in [-0.4, -0.2) is 24.9 Å². The highest BCUT2D eigenvalue weighted by atomic mass is 32.2. The van der Waals surface area contributed by atoms with Crippen LogP contribution in [0.15, 0.2) is 64.3 Å². The molecule has 2 aromatic heterocycles. The average molecular weight is 395 g/mol. The summed E-state index contributed by atoms with van der Waals surface area (Å²) < 4.78 is 20.6. The first-order valence-electron chi connectivity index (χ1n) is 8.84. The highest BCUT2D eigenvalue weighted by Crippen LogP contribution is 2.29. The highest BCUT2D eigenvalue weighted by molar-refractivity contribution is 7.98. The van der Waals surface area contributed by atoms with Gasteiger partial charge < -0.3 is 4.52 Å². The van der Waals surface area contributed by atoms with E-state index in [9.17, 15) is 4.39 Å². The Morgan fingerprint density at radius 1 is 1.04 bits per heavy atom. The van der Waals surface area contributed by atoms with E-state index in [1.165, 1.54) is 23.9 Å². The van der Waals surface area contributed by atoms with Crippen molar-refractivity contribution >= 4 is 11.8 Å². The molecule has 0 saturated carbocycles. The minimum absolute atomic E-state index is 0.179. The van der Waals surface area contributed by atoms with Gasteiger partial charge in [-0.25, -0.2) is 4.39 Å². The number of thioether (sulfide) groups is 1. The Labute approximate surface area is 165 Å². The summed E-state index contributed by atoms with van der Waals surface area (Å²) in [5.74, 6) is 2.28. The fourth-order valence-electron chi connectivity index (χ4n) is 2.65. The van der Waals surface area contributed by atoms with Crippen molar-refractivity contribution < 1.29 is 8.91 Å². The third kappa shape index (κ3) is 3.82. The van der Waals surface area contributed by atoms with Gasteiger partial charge in [-0.2, -0.15) is 4.98 Å². The molecule has 0 atom stereocenters. The smallest absolute Gasteiger partial charge is 0.229 e. The standard InChI is InChI=1S/C20H18FN5OS/c1-13(2)19-22-17(25-27-19)12-28-20-24-23-18(14-6-4-3-5-7-14)26(20)16-10-8-15(21)9-11-16/h3-11,13H,12H2,1-2H3. The van der Waals surface area contributed by atoms with E-state index in [1.807, 2.05) is 48.7 Å². The monoisotopic (exact) mass is 395 g/mol. The van der Waals surface area contributed by atoms with Gasteiger partial charge in [0.05, 0.1) is 5.75 Å². The number of nitrogens with zero attached hydrogens (tertiary/aromatic N) is 5. The van der Waals surface area contributed by atoms with Crippen molar-refractivity contribution in [2.75, 3.05) is 0 Å². The minimum Gasteiger partial charge on any atom is -0.339 e. The Kier molecular flexibility index (Phi) is 5.21. The lowest BCUT2D eigenvalue weighted by atomic mass is 10.2. The third-order valence-corrected chi connectivity index (χ3v) is 4.98. The Morgan fingerprint density at radius 3 is 2.46 bits per heavy atom. The molecular weight excluding hydrogens is 377 g/mol. The molecule has 4 aromatic rings. The predicted octanol–water partition coefficient (Wildman–Crippen LogP) is 4.87. The molecule has 4 rings (SSSR count). The zero-order valence-electron chi connectivity index (χ0n) is 15.4. The van der Waals surface area contributed by atoms with Gasteiger partial charge in [0, 0.05) is 17.2 Å². The lowest BCUT2D eigenvalue weighted by Gasteiger charge is -2.10. The molecule has 0 N–H and O–H groups in total. The summed E-state index contributed by atoms with van der Waals surface area (Å²) in [4.78, 5) is 4.40. The second kappa shape index (κ2) is 7.93. The van der Waals surface area contributed by atoms with Gasteiger partial charge in [0.1, 0.15) is 5.82 Å². The molecule has 8 heteroatoms. The zero-order chi connectivity index (χ0) is 19.5. The van der Waals surface area contributed by atoms with Crippen molar-refractivity contribution in [3.05, 3.63) is 72.1 Å². The minimum atomic E-state index is -0.291. The third-order valence-electron chi connectivity index (χ3n) is 4.06. The summed E-state index contributed by atoms with van der Waals surface area (Å²) in [6.07, 6.45) is 0. The fraction of sp³-hybridized carbons (Fsp3) is 0.200. The molecule has 0 saturated heterocycles. The van der Waals surface area contributed by atoms with Crippen molar-refractivity contribution in [2.24, 2.45) is 0 Å². The van der Waals surface area contributed by atoms with E-state index >= 15 is 0 Å². The second-order valence-electron chi connectivity index (χ2n) is 6.48. The fourth-order valence-corrected chi connectivity index (χ4v) is 3.45. The Hall–Kier alpha value is -3.00. The Bertz CT molecular complexity index is 1060. The molecule has 0 spiro atoms. The SMILES string of the molecule is CC(C)c1nc(CSc2nnc(-c3ccccc3)n2-c2ccc(F)cc2)no1. The van der Waals surface area contributed by atoms with Crippen LogP contribution in [0.1, 0.15) is 31.5 Å². The molecule has 0 unspecified atom stereocenters. The molecule has 0 aliphatic rings. The van der Waals surface area contributed by atoms with Crippen molar-refractivity contribution in [3.8, 4) is 17.1 Å². The summed E-state index contributed by atoms with van der Waals surface area (Å²) in [6.45, 7) is 4.00. The van der Waals surface area contributed by atoms with Crippen LogP contribution in [0, 0.1) is 5.82 Å². The van der Waals surface area contributed by atoms with E-state index in [1.54, 1.807) is 12.1 Å². The van der Waals surface area contributed by atoms with Crippen LogP contribution >= 0.6 is 11.8 Å². The molecular formula is C20H18FN5OS. The first-order valence-corrected chi connectivity index (χ1v) is 9.82. The van der Waals surface area contributed by atoms with Crippen LogP contribution in [0.4, 0.5) is 4.39 Å². The molecule has 0 amide bonds. The van der Waals surface area contributed by atoms with Crippen molar-refractivity contribution in [3.63, 3.8) is 0 Å². The van der Waals surface area contributed by atoms with Gasteiger partial charge in [0.15, 0.2) is 16.8 Å². The summed E-state index contributed by atoms with van der Waals surface area (Å²) >= 11 is 1.45. The largest absolute Gasteiger partial charge is 0.339 e. The number of halogens is 1. The summed E-state index contributed by atoms with van der Waals surface area (Å²) in [7, 11) is 0. The van der Waals surface area contributed by atoms with Crippen LogP contribution in [0.3, 0.4) is 0 Å². The van der Waals surface area contributed by atoms with Crippen molar-refractivity contribution in [1.82, 2.24) is 24.9 Å². The number of benzene rings is 2. The van der Waals surface area contributed by atoms with Crippen molar-refractivity contribution in [2.45, 2.75) is 30.7 Å². The molecule has 0 radical (unpaired) electrons. The van der Waals surface area contributed by atoms with E-state index in [0.29, 0.717) is 28.4 Å². The number of rotatable bonds is 6. The van der Waals surface area contributed by atoms with Crippen LogP contribution in [0.5, 0.6) is 0 Å². The molecule has 2 aromatic carbocycles. The molecule has 0 fully saturated rings. The molecule has 0 bridgehead atoms. The summed E-state index contributed by atoms with van der Waals surface area (Å²) in [6, 6.07) is 16.0. The lowest BCUT2D eigenvalue weighted by Crippen LogP contribution is -2.00. The quantitative estimate of drug-likeness (QED) is 0.434. The summed E-state index contributed by atoms with van der Waals surface area (Å²) in [5.41, 5.74) is 1.71. The molecule has 142 valence electrons. The van der Waals surface area contributed by atoms with E-state index in [4.69, 9.17) is 4.52 Å². The molecule has 28 heavy (non-hydrogen) atoms. The lowest BCUT2D eigenvalue weighted by molar-refractivity contribution is 0.362. The van der Waals surface area contributed by atoms with Gasteiger partial charge in [-0.15, -0.1) is 10.2 Å². The van der Waals surface area contributed by atoms with Gasteiger partial charge in [-0.3, -0.25) is 4.57 Å². The van der Waals surface area contributed by atoms with Crippen molar-refractivity contribution in [1.29, 1.82) is 0 Å². The first-order chi connectivity index (χ1) is 13.6. The second-order valence-corrected chi connectivity index (χ2v) is 7.42. The molecule has 6 nitrogen and oxygen atoms in total. The van der Waals surface area contributed by atoms with Gasteiger partial charge in [-0.05, 0) is 24.3 Å². The van der Waals surface area contributed by atoms with Gasteiger partial charge >= 0.3 is 0 Å². The first kappa shape index (κ1) is 18.4. The van der Waals surface area contributed by atoms with E-state index < -0.39 is 0 Å². The maximum Gasteiger partial charge on any atom is 0.229 e. The topological polar surface area (TPSA) is 69.6 Å².